The molecule has 142 valence electrons. The van der Waals surface area contributed by atoms with Crippen LogP contribution in [0.5, 0.6) is 0 Å². The van der Waals surface area contributed by atoms with Crippen LogP contribution < -0.4 is 0 Å². The van der Waals surface area contributed by atoms with E-state index in [1.165, 1.54) is 0 Å². The predicted octanol–water partition coefficient (Wildman–Crippen LogP) is 3.91. The molecule has 0 atom stereocenters. The number of hydrogen-bond acceptors (Lipinski definition) is 2. The van der Waals surface area contributed by atoms with Crippen molar-refractivity contribution in [1.82, 2.24) is 9.80 Å². The molecule has 2 fully saturated rings. The lowest BCUT2D eigenvalue weighted by Gasteiger charge is -2.32. The molecule has 2 aliphatic heterocycles. The Morgan fingerprint density at radius 2 is 1.54 bits per heavy atom. The van der Waals surface area contributed by atoms with Crippen LogP contribution in [0.15, 0.2) is 24.3 Å². The van der Waals surface area contributed by atoms with Crippen LogP contribution in [-0.4, -0.2) is 47.8 Å². The second kappa shape index (κ2) is 9.40. The van der Waals surface area contributed by atoms with Crippen molar-refractivity contribution in [3.63, 3.8) is 0 Å². The number of rotatable bonds is 6. The normalized spacial score (nSPS) is 18.3. The molecule has 2 aliphatic rings. The summed E-state index contributed by atoms with van der Waals surface area (Å²) >= 11 is 6.16. The van der Waals surface area contributed by atoms with Gasteiger partial charge in [0.2, 0.25) is 11.8 Å². The smallest absolute Gasteiger partial charge is 0.222 e. The summed E-state index contributed by atoms with van der Waals surface area (Å²) in [6, 6.07) is 7.73. The zero-order valence-corrected chi connectivity index (χ0v) is 16.2. The van der Waals surface area contributed by atoms with E-state index >= 15 is 0 Å². The van der Waals surface area contributed by atoms with Crippen molar-refractivity contribution >= 4 is 23.4 Å². The first-order valence-corrected chi connectivity index (χ1v) is 10.3. The molecular formula is C21H29ClN2O2. The van der Waals surface area contributed by atoms with Gasteiger partial charge >= 0.3 is 0 Å². The molecule has 26 heavy (non-hydrogen) atoms. The van der Waals surface area contributed by atoms with E-state index in [-0.39, 0.29) is 5.91 Å². The van der Waals surface area contributed by atoms with Gasteiger partial charge in [0.05, 0.1) is 0 Å². The molecule has 0 unspecified atom stereocenters. The van der Waals surface area contributed by atoms with E-state index in [0.717, 1.165) is 68.9 Å². The number of piperidine rings is 1. The molecule has 1 aromatic rings. The van der Waals surface area contributed by atoms with Gasteiger partial charge in [-0.1, -0.05) is 29.8 Å². The highest BCUT2D eigenvalue weighted by molar-refractivity contribution is 6.31. The quantitative estimate of drug-likeness (QED) is 0.755. The molecule has 0 saturated carbocycles. The van der Waals surface area contributed by atoms with E-state index in [1.54, 1.807) is 0 Å². The zero-order valence-electron chi connectivity index (χ0n) is 15.5. The predicted molar refractivity (Wildman–Crippen MR) is 104 cm³/mol. The Morgan fingerprint density at radius 3 is 2.23 bits per heavy atom. The van der Waals surface area contributed by atoms with Crippen LogP contribution in [0.25, 0.3) is 0 Å². The third kappa shape index (κ3) is 5.23. The van der Waals surface area contributed by atoms with Gasteiger partial charge in [0, 0.05) is 44.0 Å². The fourth-order valence-electron chi connectivity index (χ4n) is 4.02. The van der Waals surface area contributed by atoms with Gasteiger partial charge in [0.15, 0.2) is 0 Å². The Hall–Kier alpha value is -1.55. The summed E-state index contributed by atoms with van der Waals surface area (Å²) in [5, 5.41) is 0.738. The van der Waals surface area contributed by atoms with E-state index in [1.807, 2.05) is 34.1 Å². The fourth-order valence-corrected chi connectivity index (χ4v) is 4.25. The first-order chi connectivity index (χ1) is 12.6. The molecule has 4 nitrogen and oxygen atoms in total. The number of carbonyl (C=O) groups is 2. The van der Waals surface area contributed by atoms with Crippen LogP contribution in [0.4, 0.5) is 0 Å². The molecule has 2 heterocycles. The minimum atomic E-state index is 0.219. The third-order valence-corrected chi connectivity index (χ3v) is 6.13. The first-order valence-electron chi connectivity index (χ1n) is 9.92. The minimum absolute atomic E-state index is 0.219. The highest BCUT2D eigenvalue weighted by atomic mass is 35.5. The monoisotopic (exact) mass is 376 g/mol. The maximum Gasteiger partial charge on any atom is 0.222 e. The van der Waals surface area contributed by atoms with Crippen molar-refractivity contribution in [1.29, 1.82) is 0 Å². The summed E-state index contributed by atoms with van der Waals surface area (Å²) in [5.41, 5.74) is 1.04. The number of aryl methyl sites for hydroxylation is 1. The number of carbonyl (C=O) groups excluding carboxylic acids is 2. The minimum Gasteiger partial charge on any atom is -0.343 e. The van der Waals surface area contributed by atoms with Gasteiger partial charge in [0.25, 0.3) is 0 Å². The molecule has 0 N–H and O–H groups in total. The van der Waals surface area contributed by atoms with Gasteiger partial charge in [-0.15, -0.1) is 0 Å². The molecule has 1 aromatic carbocycles. The number of nitrogens with zero attached hydrogens (tertiary/aromatic N) is 2. The molecule has 0 spiro atoms. The number of benzene rings is 1. The Morgan fingerprint density at radius 1 is 0.923 bits per heavy atom. The Kier molecular flexibility index (Phi) is 6.95. The summed E-state index contributed by atoms with van der Waals surface area (Å²) in [6.07, 6.45) is 7.20. The number of halogens is 1. The van der Waals surface area contributed by atoms with Gasteiger partial charge in [-0.05, 0) is 56.1 Å². The highest BCUT2D eigenvalue weighted by Crippen LogP contribution is 2.24. The van der Waals surface area contributed by atoms with Crippen molar-refractivity contribution in [2.75, 3.05) is 26.2 Å². The van der Waals surface area contributed by atoms with E-state index in [0.29, 0.717) is 31.1 Å². The topological polar surface area (TPSA) is 40.6 Å². The van der Waals surface area contributed by atoms with Crippen molar-refractivity contribution in [3.05, 3.63) is 34.9 Å². The lowest BCUT2D eigenvalue weighted by molar-refractivity contribution is -0.133. The molecule has 2 saturated heterocycles. The molecule has 2 amide bonds. The SMILES string of the molecule is O=C(CCC1CCN(C(=O)CCc2ccccc2Cl)CC1)N1CCCC1. The van der Waals surface area contributed by atoms with E-state index in [2.05, 4.69) is 0 Å². The van der Waals surface area contributed by atoms with Gasteiger partial charge in [-0.2, -0.15) is 0 Å². The summed E-state index contributed by atoms with van der Waals surface area (Å²) in [6.45, 7) is 3.53. The fraction of sp³-hybridized carbons (Fsp3) is 0.619. The standard InChI is InChI=1S/C21H29ClN2O2/c22-19-6-2-1-5-18(19)8-10-21(26)24-15-11-17(12-16-24)7-9-20(25)23-13-3-4-14-23/h1-2,5-6,17H,3-4,7-16H2. The van der Waals surface area contributed by atoms with Gasteiger partial charge in [-0.25, -0.2) is 0 Å². The van der Waals surface area contributed by atoms with Crippen molar-refractivity contribution < 1.29 is 9.59 Å². The van der Waals surface area contributed by atoms with Crippen molar-refractivity contribution in [2.24, 2.45) is 5.92 Å². The molecule has 5 heteroatoms. The molecule has 3 rings (SSSR count). The molecule has 0 aliphatic carbocycles. The van der Waals surface area contributed by atoms with Crippen LogP contribution in [0.3, 0.4) is 0 Å². The molecule has 0 aromatic heterocycles. The number of likely N-dealkylation sites (tertiary alicyclic amines) is 2. The van der Waals surface area contributed by atoms with Crippen LogP contribution in [0.1, 0.15) is 50.5 Å². The Bertz CT molecular complexity index is 620. The van der Waals surface area contributed by atoms with Crippen molar-refractivity contribution in [3.8, 4) is 0 Å². The number of hydrogen-bond donors (Lipinski definition) is 0. The lowest BCUT2D eigenvalue weighted by Crippen LogP contribution is -2.39. The van der Waals surface area contributed by atoms with Crippen LogP contribution in [-0.2, 0) is 16.0 Å². The molecule has 0 bridgehead atoms. The van der Waals surface area contributed by atoms with Crippen LogP contribution in [0.2, 0.25) is 5.02 Å². The average Bonchev–Trinajstić information content (AvgIpc) is 3.20. The first kappa shape index (κ1) is 19.2. The highest BCUT2D eigenvalue weighted by Gasteiger charge is 2.24. The van der Waals surface area contributed by atoms with Gasteiger partial charge in [0.1, 0.15) is 0 Å². The van der Waals surface area contributed by atoms with Crippen LogP contribution in [0, 0.1) is 5.92 Å². The van der Waals surface area contributed by atoms with Gasteiger partial charge < -0.3 is 9.80 Å². The third-order valence-electron chi connectivity index (χ3n) is 5.76. The molecular weight excluding hydrogens is 348 g/mol. The summed E-state index contributed by atoms with van der Waals surface area (Å²) in [7, 11) is 0. The largest absolute Gasteiger partial charge is 0.343 e. The summed E-state index contributed by atoms with van der Waals surface area (Å²) in [4.78, 5) is 28.6. The maximum atomic E-state index is 12.5. The maximum absolute atomic E-state index is 12.5. The van der Waals surface area contributed by atoms with E-state index < -0.39 is 0 Å². The van der Waals surface area contributed by atoms with Crippen molar-refractivity contribution in [2.45, 2.75) is 51.4 Å². The molecule has 0 radical (unpaired) electrons. The summed E-state index contributed by atoms with van der Waals surface area (Å²) < 4.78 is 0. The Labute approximate surface area is 161 Å². The van der Waals surface area contributed by atoms with E-state index in [9.17, 15) is 9.59 Å². The van der Waals surface area contributed by atoms with Gasteiger partial charge in [-0.3, -0.25) is 9.59 Å². The second-order valence-corrected chi connectivity index (χ2v) is 7.95. The van der Waals surface area contributed by atoms with E-state index in [4.69, 9.17) is 11.6 Å². The average molecular weight is 377 g/mol. The lowest BCUT2D eigenvalue weighted by atomic mass is 9.91. The zero-order chi connectivity index (χ0) is 18.4. The van der Waals surface area contributed by atoms with Crippen LogP contribution >= 0.6 is 11.6 Å². The number of amides is 2. The summed E-state index contributed by atoms with van der Waals surface area (Å²) in [5.74, 6) is 1.12. The Balaban J connectivity index is 1.35. The second-order valence-electron chi connectivity index (χ2n) is 7.54.